The van der Waals surface area contributed by atoms with Crippen molar-refractivity contribution in [3.05, 3.63) is 83.7 Å². The fourth-order valence-electron chi connectivity index (χ4n) is 2.62. The van der Waals surface area contributed by atoms with Crippen molar-refractivity contribution in [3.8, 4) is 0 Å². The van der Waals surface area contributed by atoms with E-state index in [0.717, 1.165) is 12.1 Å². The van der Waals surface area contributed by atoms with Crippen molar-refractivity contribution in [2.75, 3.05) is 6.54 Å². The summed E-state index contributed by atoms with van der Waals surface area (Å²) in [7, 11) is 0. The molecule has 146 valence electrons. The van der Waals surface area contributed by atoms with Crippen molar-refractivity contribution in [2.45, 2.75) is 19.5 Å². The molecule has 28 heavy (non-hydrogen) atoms. The molecule has 0 radical (unpaired) electrons. The van der Waals surface area contributed by atoms with E-state index in [4.69, 9.17) is 8.83 Å². The van der Waals surface area contributed by atoms with E-state index < -0.39 is 17.5 Å². The van der Waals surface area contributed by atoms with Crippen LogP contribution in [0.25, 0.3) is 0 Å². The summed E-state index contributed by atoms with van der Waals surface area (Å²) >= 11 is 0. The maximum atomic E-state index is 13.6. The Morgan fingerprint density at radius 3 is 2.14 bits per heavy atom. The van der Waals surface area contributed by atoms with Gasteiger partial charge in [-0.3, -0.25) is 9.59 Å². The van der Waals surface area contributed by atoms with Crippen LogP contribution in [0.1, 0.15) is 28.3 Å². The van der Waals surface area contributed by atoms with Crippen LogP contribution in [0.2, 0.25) is 0 Å². The molecule has 2 heterocycles. The standard InChI is InChI=1S/C20H18F2N2O4/c21-14-5-6-17(18(22)11-14)20(26)23-8-7-19(25)24(12-15-3-1-9-27-15)13-16-4-2-10-28-16/h1-6,9-11H,7-8,12-13H2,(H,23,26). The summed E-state index contributed by atoms with van der Waals surface area (Å²) < 4.78 is 37.2. The smallest absolute Gasteiger partial charge is 0.254 e. The second-order valence-corrected chi connectivity index (χ2v) is 6.04. The highest BCUT2D eigenvalue weighted by atomic mass is 19.1. The normalized spacial score (nSPS) is 10.6. The Bertz CT molecular complexity index is 888. The van der Waals surface area contributed by atoms with Gasteiger partial charge in [0.25, 0.3) is 5.91 Å². The molecule has 2 aromatic heterocycles. The lowest BCUT2D eigenvalue weighted by Gasteiger charge is -2.20. The molecule has 0 fully saturated rings. The van der Waals surface area contributed by atoms with Crippen LogP contribution >= 0.6 is 0 Å². The largest absolute Gasteiger partial charge is 0.467 e. The lowest BCUT2D eigenvalue weighted by atomic mass is 10.2. The van der Waals surface area contributed by atoms with Gasteiger partial charge < -0.3 is 19.1 Å². The second kappa shape index (κ2) is 8.98. The van der Waals surface area contributed by atoms with E-state index >= 15 is 0 Å². The molecule has 0 aliphatic rings. The Balaban J connectivity index is 1.57. The van der Waals surface area contributed by atoms with E-state index in [9.17, 15) is 18.4 Å². The number of hydrogen-bond acceptors (Lipinski definition) is 4. The van der Waals surface area contributed by atoms with E-state index in [1.54, 1.807) is 24.3 Å². The van der Waals surface area contributed by atoms with Gasteiger partial charge in [-0.05, 0) is 36.4 Å². The summed E-state index contributed by atoms with van der Waals surface area (Å²) in [5.74, 6) is -1.46. The summed E-state index contributed by atoms with van der Waals surface area (Å²) in [6, 6.07) is 9.64. The van der Waals surface area contributed by atoms with Crippen LogP contribution < -0.4 is 5.32 Å². The third kappa shape index (κ3) is 5.06. The number of benzene rings is 1. The van der Waals surface area contributed by atoms with Crippen LogP contribution in [-0.2, 0) is 17.9 Å². The Kier molecular flexibility index (Phi) is 6.21. The number of amides is 2. The minimum absolute atomic E-state index is 0.00128. The molecule has 0 spiro atoms. The molecule has 0 bridgehead atoms. The van der Waals surface area contributed by atoms with Gasteiger partial charge in [0.15, 0.2) is 0 Å². The van der Waals surface area contributed by atoms with Crippen LogP contribution in [0.4, 0.5) is 8.78 Å². The third-order valence-electron chi connectivity index (χ3n) is 4.01. The summed E-state index contributed by atoms with van der Waals surface area (Å²) in [5, 5.41) is 2.47. The van der Waals surface area contributed by atoms with Crippen LogP contribution in [0, 0.1) is 11.6 Å². The number of rotatable bonds is 8. The fourth-order valence-corrected chi connectivity index (χ4v) is 2.62. The summed E-state index contributed by atoms with van der Waals surface area (Å²) in [5.41, 5.74) is -0.281. The highest BCUT2D eigenvalue weighted by molar-refractivity contribution is 5.94. The Labute approximate surface area is 159 Å². The topological polar surface area (TPSA) is 75.7 Å². The lowest BCUT2D eigenvalue weighted by molar-refractivity contribution is -0.132. The molecule has 1 N–H and O–H groups in total. The van der Waals surface area contributed by atoms with Crippen LogP contribution in [-0.4, -0.2) is 23.3 Å². The Morgan fingerprint density at radius 1 is 0.964 bits per heavy atom. The fraction of sp³-hybridized carbons (Fsp3) is 0.200. The van der Waals surface area contributed by atoms with Gasteiger partial charge in [-0.2, -0.15) is 0 Å². The van der Waals surface area contributed by atoms with Gasteiger partial charge in [0, 0.05) is 19.0 Å². The number of furan rings is 2. The molecule has 0 aliphatic carbocycles. The third-order valence-corrected chi connectivity index (χ3v) is 4.01. The molecule has 0 unspecified atom stereocenters. The van der Waals surface area contributed by atoms with Gasteiger partial charge in [0.2, 0.25) is 5.91 Å². The van der Waals surface area contributed by atoms with Gasteiger partial charge in [0.1, 0.15) is 23.2 Å². The van der Waals surface area contributed by atoms with Crippen LogP contribution in [0.15, 0.2) is 63.8 Å². The molecule has 3 rings (SSSR count). The molecule has 0 saturated carbocycles. The molecule has 0 atom stereocenters. The monoisotopic (exact) mass is 388 g/mol. The predicted octanol–water partition coefficient (Wildman–Crippen LogP) is 3.50. The Morgan fingerprint density at radius 2 is 1.61 bits per heavy atom. The highest BCUT2D eigenvalue weighted by Gasteiger charge is 2.18. The van der Waals surface area contributed by atoms with Gasteiger partial charge in [-0.25, -0.2) is 8.78 Å². The molecule has 6 nitrogen and oxygen atoms in total. The van der Waals surface area contributed by atoms with E-state index in [1.807, 2.05) is 0 Å². The lowest BCUT2D eigenvalue weighted by Crippen LogP contribution is -2.34. The number of nitrogens with one attached hydrogen (secondary N) is 1. The molecule has 0 saturated heterocycles. The van der Waals surface area contributed by atoms with Gasteiger partial charge in [-0.15, -0.1) is 0 Å². The minimum Gasteiger partial charge on any atom is -0.467 e. The Hall–Kier alpha value is -3.42. The van der Waals surface area contributed by atoms with Gasteiger partial charge in [0.05, 0.1) is 31.2 Å². The SMILES string of the molecule is O=C(NCCC(=O)N(Cc1ccco1)Cc1ccco1)c1ccc(F)cc1F. The van der Waals surface area contributed by atoms with E-state index in [0.29, 0.717) is 17.6 Å². The molecule has 3 aromatic rings. The first kappa shape index (κ1) is 19.3. The minimum atomic E-state index is -0.957. The van der Waals surface area contributed by atoms with E-state index in [2.05, 4.69) is 5.32 Å². The average molecular weight is 388 g/mol. The van der Waals surface area contributed by atoms with Crippen molar-refractivity contribution in [2.24, 2.45) is 0 Å². The zero-order valence-corrected chi connectivity index (χ0v) is 14.9. The van der Waals surface area contributed by atoms with Gasteiger partial charge >= 0.3 is 0 Å². The zero-order valence-electron chi connectivity index (χ0n) is 14.9. The zero-order chi connectivity index (χ0) is 19.9. The number of nitrogens with zero attached hydrogens (tertiary/aromatic N) is 1. The van der Waals surface area contributed by atoms with Crippen molar-refractivity contribution < 1.29 is 27.2 Å². The highest BCUT2D eigenvalue weighted by Crippen LogP contribution is 2.13. The van der Waals surface area contributed by atoms with Crippen molar-refractivity contribution in [1.82, 2.24) is 10.2 Å². The number of hydrogen-bond donors (Lipinski definition) is 1. The van der Waals surface area contributed by atoms with Crippen molar-refractivity contribution in [1.29, 1.82) is 0 Å². The predicted molar refractivity (Wildman–Crippen MR) is 95.0 cm³/mol. The molecule has 2 amide bonds. The number of halogens is 2. The van der Waals surface area contributed by atoms with Gasteiger partial charge in [-0.1, -0.05) is 0 Å². The first-order chi connectivity index (χ1) is 13.5. The first-order valence-corrected chi connectivity index (χ1v) is 8.58. The summed E-state index contributed by atoms with van der Waals surface area (Å²) in [6.07, 6.45) is 3.03. The molecule has 1 aromatic carbocycles. The van der Waals surface area contributed by atoms with E-state index in [-0.39, 0.29) is 37.5 Å². The maximum absolute atomic E-state index is 13.6. The summed E-state index contributed by atoms with van der Waals surface area (Å²) in [6.45, 7) is 0.488. The maximum Gasteiger partial charge on any atom is 0.254 e. The quantitative estimate of drug-likeness (QED) is 0.641. The second-order valence-electron chi connectivity index (χ2n) is 6.04. The summed E-state index contributed by atoms with van der Waals surface area (Å²) in [4.78, 5) is 26.1. The van der Waals surface area contributed by atoms with E-state index in [1.165, 1.54) is 17.4 Å². The number of carbonyl (C=O) groups excluding carboxylic acids is 2. The first-order valence-electron chi connectivity index (χ1n) is 8.58. The van der Waals surface area contributed by atoms with Crippen LogP contribution in [0.3, 0.4) is 0 Å². The molecular weight excluding hydrogens is 370 g/mol. The van der Waals surface area contributed by atoms with Crippen molar-refractivity contribution in [3.63, 3.8) is 0 Å². The number of carbonyl (C=O) groups is 2. The molecule has 8 heteroatoms. The average Bonchev–Trinajstić information content (AvgIpc) is 3.35. The molecular formula is C20H18F2N2O4. The van der Waals surface area contributed by atoms with Crippen LogP contribution in [0.5, 0.6) is 0 Å². The van der Waals surface area contributed by atoms with Crippen molar-refractivity contribution >= 4 is 11.8 Å². The molecule has 0 aliphatic heterocycles.